The number of amides is 2. The van der Waals surface area contributed by atoms with Crippen molar-refractivity contribution in [2.75, 3.05) is 17.7 Å². The second-order valence-corrected chi connectivity index (χ2v) is 8.53. The van der Waals surface area contributed by atoms with E-state index in [1.807, 2.05) is 32.0 Å². The molecule has 1 saturated carbocycles. The number of methoxy groups -OCH3 is 1. The number of nitrogens with zero attached hydrogens (tertiary/aromatic N) is 1. The zero-order chi connectivity index (χ0) is 22.0. The molecule has 3 atom stereocenters. The Morgan fingerprint density at radius 3 is 2.74 bits per heavy atom. The lowest BCUT2D eigenvalue weighted by atomic mass is 10.0. The van der Waals surface area contributed by atoms with Crippen LogP contribution in [0.15, 0.2) is 22.7 Å². The lowest BCUT2D eigenvalue weighted by molar-refractivity contribution is -0.119. The Morgan fingerprint density at radius 2 is 2.10 bits per heavy atom. The number of hydrogen-bond acceptors (Lipinski definition) is 6. The van der Waals surface area contributed by atoms with Crippen LogP contribution in [0.2, 0.25) is 0 Å². The molecule has 1 aromatic carbocycles. The summed E-state index contributed by atoms with van der Waals surface area (Å²) in [4.78, 5) is 24.2. The van der Waals surface area contributed by atoms with Crippen molar-refractivity contribution in [1.82, 2.24) is 10.5 Å². The molecular formula is C23H30N4O4. The molecule has 2 aliphatic rings. The van der Waals surface area contributed by atoms with Crippen LogP contribution < -0.4 is 16.0 Å². The van der Waals surface area contributed by atoms with Gasteiger partial charge in [-0.3, -0.25) is 9.59 Å². The van der Waals surface area contributed by atoms with E-state index in [4.69, 9.17) is 9.26 Å². The first-order valence-electron chi connectivity index (χ1n) is 10.9. The Balaban J connectivity index is 1.56. The molecule has 0 radical (unpaired) electrons. The number of nitrogens with one attached hydrogen (secondary N) is 3. The molecule has 0 unspecified atom stereocenters. The summed E-state index contributed by atoms with van der Waals surface area (Å²) in [6, 6.07) is 6.16. The summed E-state index contributed by atoms with van der Waals surface area (Å²) in [5, 5.41) is 13.5. The maximum atomic E-state index is 12.8. The third-order valence-electron chi connectivity index (χ3n) is 6.21. The normalized spacial score (nSPS) is 23.1. The van der Waals surface area contributed by atoms with Gasteiger partial charge >= 0.3 is 0 Å². The lowest BCUT2D eigenvalue weighted by Crippen LogP contribution is -2.30. The van der Waals surface area contributed by atoms with E-state index in [9.17, 15) is 9.59 Å². The molecule has 0 bridgehead atoms. The van der Waals surface area contributed by atoms with Gasteiger partial charge in [-0.2, -0.15) is 0 Å². The van der Waals surface area contributed by atoms with E-state index < -0.39 is 0 Å². The highest BCUT2D eigenvalue weighted by molar-refractivity contribution is 5.96. The quantitative estimate of drug-likeness (QED) is 0.625. The molecule has 1 aliphatic carbocycles. The standard InChI is InChI=1S/C23H30N4O4/c1-13-23(14(2)31-27-13)15-4-8-19(24-16-5-7-18(11-16)30-3)20(10-15)26-22(29)12-17-6-9-21(28)25-17/h4,8,10,16-18,24H,5-7,9,11-12H2,1-3H3,(H,25,28)(H,26,29)/t16-,17+,18-/m1/s1. The first-order chi connectivity index (χ1) is 14.9. The SMILES string of the molecule is CO[C@@H]1CC[C@@H](Nc2ccc(-c3c(C)noc3C)cc2NC(=O)C[C@@H]2CCC(=O)N2)C1. The second kappa shape index (κ2) is 9.09. The molecule has 31 heavy (non-hydrogen) atoms. The van der Waals surface area contributed by atoms with Crippen molar-refractivity contribution in [2.45, 2.75) is 70.6 Å². The lowest BCUT2D eigenvalue weighted by Gasteiger charge is -2.20. The second-order valence-electron chi connectivity index (χ2n) is 8.53. The van der Waals surface area contributed by atoms with E-state index in [0.29, 0.717) is 24.6 Å². The molecule has 1 aromatic heterocycles. The zero-order valence-electron chi connectivity index (χ0n) is 18.3. The number of rotatable bonds is 7. The van der Waals surface area contributed by atoms with Gasteiger partial charge in [0.1, 0.15) is 5.76 Å². The summed E-state index contributed by atoms with van der Waals surface area (Å²) in [6.45, 7) is 3.79. The molecule has 2 amide bonds. The van der Waals surface area contributed by atoms with Gasteiger partial charge in [0.05, 0.1) is 23.2 Å². The number of carbonyl (C=O) groups is 2. The van der Waals surface area contributed by atoms with Crippen LogP contribution >= 0.6 is 0 Å². The van der Waals surface area contributed by atoms with Gasteiger partial charge in [-0.05, 0) is 57.2 Å². The summed E-state index contributed by atoms with van der Waals surface area (Å²) in [5.41, 5.74) is 4.27. The zero-order valence-corrected chi connectivity index (χ0v) is 18.3. The molecule has 8 heteroatoms. The number of aryl methyl sites for hydroxylation is 2. The van der Waals surface area contributed by atoms with Gasteiger partial charge in [0.2, 0.25) is 11.8 Å². The first kappa shape index (κ1) is 21.4. The maximum Gasteiger partial charge on any atom is 0.226 e. The van der Waals surface area contributed by atoms with E-state index in [-0.39, 0.29) is 30.4 Å². The van der Waals surface area contributed by atoms with Crippen LogP contribution in [-0.2, 0) is 14.3 Å². The third-order valence-corrected chi connectivity index (χ3v) is 6.21. The minimum atomic E-state index is -0.118. The fourth-order valence-corrected chi connectivity index (χ4v) is 4.58. The van der Waals surface area contributed by atoms with Gasteiger partial charge in [-0.25, -0.2) is 0 Å². The predicted molar refractivity (Wildman–Crippen MR) is 118 cm³/mol. The number of carbonyl (C=O) groups excluding carboxylic acids is 2. The molecule has 1 aliphatic heterocycles. The van der Waals surface area contributed by atoms with Crippen molar-refractivity contribution in [3.63, 3.8) is 0 Å². The Hall–Kier alpha value is -2.87. The molecular weight excluding hydrogens is 396 g/mol. The summed E-state index contributed by atoms with van der Waals surface area (Å²) in [7, 11) is 1.75. The number of benzene rings is 1. The smallest absolute Gasteiger partial charge is 0.226 e. The monoisotopic (exact) mass is 426 g/mol. The Morgan fingerprint density at radius 1 is 1.26 bits per heavy atom. The molecule has 166 valence electrons. The number of ether oxygens (including phenoxy) is 1. The minimum Gasteiger partial charge on any atom is -0.381 e. The fraction of sp³-hybridized carbons (Fsp3) is 0.522. The average Bonchev–Trinajstić information content (AvgIpc) is 3.44. The van der Waals surface area contributed by atoms with Gasteiger partial charge < -0.3 is 25.2 Å². The minimum absolute atomic E-state index is 0.00879. The van der Waals surface area contributed by atoms with Crippen LogP contribution in [-0.4, -0.2) is 42.3 Å². The first-order valence-corrected chi connectivity index (χ1v) is 10.9. The Kier molecular flexibility index (Phi) is 6.27. The highest BCUT2D eigenvalue weighted by Gasteiger charge is 2.26. The molecule has 4 rings (SSSR count). The van der Waals surface area contributed by atoms with Crippen molar-refractivity contribution in [3.05, 3.63) is 29.7 Å². The Labute approximate surface area is 182 Å². The van der Waals surface area contributed by atoms with E-state index in [1.165, 1.54) is 0 Å². The van der Waals surface area contributed by atoms with E-state index in [1.54, 1.807) is 7.11 Å². The molecule has 3 N–H and O–H groups in total. The van der Waals surface area contributed by atoms with Gasteiger partial charge in [0.15, 0.2) is 0 Å². The van der Waals surface area contributed by atoms with Crippen molar-refractivity contribution < 1.29 is 18.8 Å². The molecule has 2 aromatic rings. The van der Waals surface area contributed by atoms with E-state index >= 15 is 0 Å². The third kappa shape index (κ3) is 4.90. The fourth-order valence-electron chi connectivity index (χ4n) is 4.58. The van der Waals surface area contributed by atoms with Crippen LogP contribution in [0.4, 0.5) is 11.4 Å². The summed E-state index contributed by atoms with van der Waals surface area (Å²) in [6.07, 6.45) is 4.67. The number of aromatic nitrogens is 1. The van der Waals surface area contributed by atoms with E-state index in [2.05, 4.69) is 21.1 Å². The van der Waals surface area contributed by atoms with Gasteiger partial charge in [-0.15, -0.1) is 0 Å². The van der Waals surface area contributed by atoms with Crippen LogP contribution in [0.5, 0.6) is 0 Å². The molecule has 8 nitrogen and oxygen atoms in total. The molecule has 1 saturated heterocycles. The van der Waals surface area contributed by atoms with Crippen LogP contribution in [0.3, 0.4) is 0 Å². The largest absolute Gasteiger partial charge is 0.381 e. The van der Waals surface area contributed by atoms with Crippen LogP contribution in [0, 0.1) is 13.8 Å². The van der Waals surface area contributed by atoms with Crippen molar-refractivity contribution >= 4 is 23.2 Å². The maximum absolute atomic E-state index is 12.8. The summed E-state index contributed by atoms with van der Waals surface area (Å²) >= 11 is 0. The highest BCUT2D eigenvalue weighted by atomic mass is 16.5. The van der Waals surface area contributed by atoms with Crippen molar-refractivity contribution in [3.8, 4) is 11.1 Å². The highest BCUT2D eigenvalue weighted by Crippen LogP contribution is 2.35. The topological polar surface area (TPSA) is 105 Å². The number of hydrogen-bond donors (Lipinski definition) is 3. The molecule has 2 heterocycles. The van der Waals surface area contributed by atoms with Gasteiger partial charge in [-0.1, -0.05) is 11.2 Å². The van der Waals surface area contributed by atoms with Crippen molar-refractivity contribution in [1.29, 1.82) is 0 Å². The summed E-state index contributed by atoms with van der Waals surface area (Å²) in [5.74, 6) is 0.629. The Bertz CT molecular complexity index is 951. The average molecular weight is 427 g/mol. The molecule has 0 spiro atoms. The van der Waals surface area contributed by atoms with Gasteiger partial charge in [0.25, 0.3) is 0 Å². The van der Waals surface area contributed by atoms with E-state index in [0.717, 1.165) is 47.5 Å². The van der Waals surface area contributed by atoms with Crippen LogP contribution in [0.1, 0.15) is 50.0 Å². The van der Waals surface area contributed by atoms with Crippen molar-refractivity contribution in [2.24, 2.45) is 0 Å². The number of anilines is 2. The summed E-state index contributed by atoms with van der Waals surface area (Å²) < 4.78 is 10.8. The van der Waals surface area contributed by atoms with Gasteiger partial charge in [0, 0.05) is 37.6 Å². The molecule has 2 fully saturated rings. The predicted octanol–water partition coefficient (Wildman–Crippen LogP) is 3.55. The van der Waals surface area contributed by atoms with Crippen LogP contribution in [0.25, 0.3) is 11.1 Å².